The minimum Gasteiger partial charge on any atom is -0.353 e. The Kier molecular flexibility index (Phi) is 14.1. The summed E-state index contributed by atoms with van der Waals surface area (Å²) in [4.78, 5) is 53.3. The number of nitrogens with one attached hydrogen (secondary N) is 3. The van der Waals surface area contributed by atoms with Gasteiger partial charge in [0.1, 0.15) is 6.04 Å². The number of benzene rings is 2. The van der Waals surface area contributed by atoms with E-state index in [-0.39, 0.29) is 48.3 Å². The molecule has 4 atom stereocenters. The minimum absolute atomic E-state index is 0.0646. The average molecular weight is 593 g/mol. The predicted molar refractivity (Wildman–Crippen MR) is 172 cm³/mol. The summed E-state index contributed by atoms with van der Waals surface area (Å²) >= 11 is 0. The van der Waals surface area contributed by atoms with Crippen molar-refractivity contribution in [2.75, 3.05) is 6.54 Å². The topological polar surface area (TPSA) is 130 Å². The highest BCUT2D eigenvalue weighted by molar-refractivity contribution is 5.95. The fourth-order valence-electron chi connectivity index (χ4n) is 5.93. The first-order chi connectivity index (χ1) is 20.7. The molecule has 0 aromatic heterocycles. The molecule has 1 fully saturated rings. The van der Waals surface area contributed by atoms with Crippen LogP contribution in [0, 0.1) is 11.8 Å². The second-order valence-electron chi connectivity index (χ2n) is 12.2. The lowest BCUT2D eigenvalue weighted by Crippen LogP contribution is -2.54. The molecule has 1 aliphatic carbocycles. The summed E-state index contributed by atoms with van der Waals surface area (Å²) in [5, 5.41) is 11.2. The largest absolute Gasteiger partial charge is 0.353 e. The van der Waals surface area contributed by atoms with Gasteiger partial charge in [-0.2, -0.15) is 0 Å². The van der Waals surface area contributed by atoms with Crippen LogP contribution >= 0.6 is 0 Å². The first-order valence-electron chi connectivity index (χ1n) is 16.4. The van der Waals surface area contributed by atoms with Gasteiger partial charge in [-0.1, -0.05) is 95.3 Å². The van der Waals surface area contributed by atoms with E-state index in [4.69, 9.17) is 5.73 Å². The van der Waals surface area contributed by atoms with Crippen molar-refractivity contribution in [2.24, 2.45) is 17.6 Å². The van der Waals surface area contributed by atoms with Crippen LogP contribution in [0.1, 0.15) is 97.0 Å². The second kappa shape index (κ2) is 17.8. The lowest BCUT2D eigenvalue weighted by molar-refractivity contribution is -0.134. The number of fused-ring (bicyclic) bond motifs is 1. The zero-order valence-electron chi connectivity index (χ0n) is 26.3. The van der Waals surface area contributed by atoms with Crippen molar-refractivity contribution in [3.05, 3.63) is 48.0 Å². The van der Waals surface area contributed by atoms with Gasteiger partial charge in [-0.05, 0) is 54.5 Å². The van der Waals surface area contributed by atoms with Crippen LogP contribution in [0.15, 0.2) is 42.5 Å². The lowest BCUT2D eigenvalue weighted by Gasteiger charge is -2.29. The standard InChI is InChI=1S/C35H52N4O4/c1-4-24(3)33(31(40)23-28(15-11-12-20-36)34(42)37-29-16-7-6-8-17-29)39-35(43)30(38-32(41)5-2)22-25-18-19-26-13-9-10-14-27(26)21-25/h9-10,13-14,18-19,21,24,28-30,33H,4-8,11-12,15-17,20,22-23,36H2,1-3H3,(H,37,42)(H,38,41)(H,39,43)/t24-,28+,30-,33-/m0/s1. The van der Waals surface area contributed by atoms with Gasteiger partial charge in [0, 0.05) is 31.2 Å². The molecule has 236 valence electrons. The van der Waals surface area contributed by atoms with E-state index in [1.54, 1.807) is 6.92 Å². The zero-order chi connectivity index (χ0) is 31.2. The Morgan fingerprint density at radius 1 is 0.907 bits per heavy atom. The smallest absolute Gasteiger partial charge is 0.243 e. The van der Waals surface area contributed by atoms with Gasteiger partial charge in [-0.15, -0.1) is 0 Å². The summed E-state index contributed by atoms with van der Waals surface area (Å²) in [6.45, 7) is 6.21. The van der Waals surface area contributed by atoms with Gasteiger partial charge in [-0.25, -0.2) is 0 Å². The molecule has 0 heterocycles. The highest BCUT2D eigenvalue weighted by Crippen LogP contribution is 2.22. The molecular formula is C35H52N4O4. The van der Waals surface area contributed by atoms with Crippen molar-refractivity contribution in [3.63, 3.8) is 0 Å². The highest BCUT2D eigenvalue weighted by Gasteiger charge is 2.33. The van der Waals surface area contributed by atoms with Crippen LogP contribution in [0.25, 0.3) is 10.8 Å². The Bertz CT molecular complexity index is 1210. The van der Waals surface area contributed by atoms with Crippen LogP contribution in [0.3, 0.4) is 0 Å². The van der Waals surface area contributed by atoms with E-state index in [0.717, 1.165) is 54.9 Å². The maximum absolute atomic E-state index is 13.8. The molecule has 1 saturated carbocycles. The molecule has 0 radical (unpaired) electrons. The summed E-state index contributed by atoms with van der Waals surface area (Å²) < 4.78 is 0. The van der Waals surface area contributed by atoms with Gasteiger partial charge in [0.15, 0.2) is 5.78 Å². The van der Waals surface area contributed by atoms with E-state index in [1.165, 1.54) is 6.42 Å². The van der Waals surface area contributed by atoms with Crippen LogP contribution in [0.2, 0.25) is 0 Å². The number of amides is 3. The molecule has 8 heteroatoms. The molecule has 0 aliphatic heterocycles. The fraction of sp³-hybridized carbons (Fsp3) is 0.600. The van der Waals surface area contributed by atoms with Gasteiger partial charge >= 0.3 is 0 Å². The molecule has 2 aromatic rings. The van der Waals surface area contributed by atoms with E-state index in [2.05, 4.69) is 16.0 Å². The number of nitrogens with two attached hydrogens (primary N) is 1. The van der Waals surface area contributed by atoms with Crippen molar-refractivity contribution in [2.45, 2.75) is 116 Å². The van der Waals surface area contributed by atoms with E-state index in [9.17, 15) is 19.2 Å². The monoisotopic (exact) mass is 592 g/mol. The molecular weight excluding hydrogens is 540 g/mol. The number of carbonyl (C=O) groups excluding carboxylic acids is 4. The normalized spacial score (nSPS) is 16.6. The molecule has 3 rings (SSSR count). The van der Waals surface area contributed by atoms with Gasteiger partial charge in [0.05, 0.1) is 6.04 Å². The Balaban J connectivity index is 1.76. The molecule has 1 aliphatic rings. The molecule has 43 heavy (non-hydrogen) atoms. The summed E-state index contributed by atoms with van der Waals surface area (Å²) in [5.74, 6) is -1.43. The molecule has 0 spiro atoms. The lowest BCUT2D eigenvalue weighted by atomic mass is 9.86. The fourth-order valence-corrected chi connectivity index (χ4v) is 5.93. The molecule has 3 amide bonds. The number of Topliss-reactive ketones (excluding diaryl/α,β-unsaturated/α-hetero) is 1. The molecule has 0 saturated heterocycles. The molecule has 5 N–H and O–H groups in total. The first kappa shape index (κ1) is 34.2. The molecule has 8 nitrogen and oxygen atoms in total. The van der Waals surface area contributed by atoms with E-state index in [1.807, 2.05) is 56.3 Å². The van der Waals surface area contributed by atoms with E-state index in [0.29, 0.717) is 25.8 Å². The van der Waals surface area contributed by atoms with Gasteiger partial charge in [-0.3, -0.25) is 19.2 Å². The number of carbonyl (C=O) groups is 4. The Morgan fingerprint density at radius 2 is 1.63 bits per heavy atom. The van der Waals surface area contributed by atoms with Crippen LogP contribution in [-0.2, 0) is 25.6 Å². The number of rotatable bonds is 17. The van der Waals surface area contributed by atoms with Crippen LogP contribution in [-0.4, -0.2) is 48.2 Å². The van der Waals surface area contributed by atoms with Gasteiger partial charge in [0.2, 0.25) is 17.7 Å². The number of ketones is 1. The summed E-state index contributed by atoms with van der Waals surface area (Å²) in [7, 11) is 0. The Hall–Kier alpha value is -3.26. The van der Waals surface area contributed by atoms with E-state index >= 15 is 0 Å². The molecule has 0 unspecified atom stereocenters. The number of unbranched alkanes of at least 4 members (excludes halogenated alkanes) is 1. The zero-order valence-corrected chi connectivity index (χ0v) is 26.3. The quantitative estimate of drug-likeness (QED) is 0.193. The molecule has 2 aromatic carbocycles. The first-order valence-corrected chi connectivity index (χ1v) is 16.4. The summed E-state index contributed by atoms with van der Waals surface area (Å²) in [5.41, 5.74) is 6.63. The van der Waals surface area contributed by atoms with Crippen LogP contribution < -0.4 is 21.7 Å². The van der Waals surface area contributed by atoms with E-state index < -0.39 is 18.0 Å². The number of hydrogen-bond donors (Lipinski definition) is 4. The third kappa shape index (κ3) is 10.8. The van der Waals surface area contributed by atoms with Gasteiger partial charge < -0.3 is 21.7 Å². The van der Waals surface area contributed by atoms with Crippen molar-refractivity contribution < 1.29 is 19.2 Å². The summed E-state index contributed by atoms with van der Waals surface area (Å²) in [6.07, 6.45) is 8.80. The minimum atomic E-state index is -0.831. The Labute approximate surface area is 257 Å². The Morgan fingerprint density at radius 3 is 2.30 bits per heavy atom. The van der Waals surface area contributed by atoms with Crippen LogP contribution in [0.5, 0.6) is 0 Å². The maximum Gasteiger partial charge on any atom is 0.243 e. The maximum atomic E-state index is 13.8. The average Bonchev–Trinajstić information content (AvgIpc) is 3.02. The van der Waals surface area contributed by atoms with Crippen molar-refractivity contribution >= 4 is 34.3 Å². The number of hydrogen-bond acceptors (Lipinski definition) is 5. The predicted octanol–water partition coefficient (Wildman–Crippen LogP) is 4.96. The summed E-state index contributed by atoms with van der Waals surface area (Å²) in [6, 6.07) is 12.6. The third-order valence-corrected chi connectivity index (χ3v) is 8.86. The highest BCUT2D eigenvalue weighted by atomic mass is 16.2. The van der Waals surface area contributed by atoms with Gasteiger partial charge in [0.25, 0.3) is 0 Å². The second-order valence-corrected chi connectivity index (χ2v) is 12.2. The molecule has 0 bridgehead atoms. The van der Waals surface area contributed by atoms with Crippen molar-refractivity contribution in [1.82, 2.24) is 16.0 Å². The third-order valence-electron chi connectivity index (χ3n) is 8.86. The van der Waals surface area contributed by atoms with Crippen LogP contribution in [0.4, 0.5) is 0 Å². The van der Waals surface area contributed by atoms with Crippen molar-refractivity contribution in [1.29, 1.82) is 0 Å². The SMILES string of the molecule is CCC(=O)N[C@@H](Cc1ccc2ccccc2c1)C(=O)N[C@H](C(=O)C[C@@H](CCCCN)C(=O)NC1CCCCC1)[C@@H](C)CC. The van der Waals surface area contributed by atoms with Crippen molar-refractivity contribution in [3.8, 4) is 0 Å².